The number of piperidine rings is 1. The molecule has 5 heterocycles. The van der Waals surface area contributed by atoms with Gasteiger partial charge in [0.15, 0.2) is 11.6 Å². The summed E-state index contributed by atoms with van der Waals surface area (Å²) in [6.45, 7) is 5.21. The van der Waals surface area contributed by atoms with Gasteiger partial charge in [0.2, 0.25) is 0 Å². The molecule has 1 atom stereocenters. The minimum absolute atomic E-state index is 0.283. The highest BCUT2D eigenvalue weighted by Gasteiger charge is 2.26. The molecule has 0 saturated carbocycles. The fraction of sp³-hybridized carbons (Fsp3) is 0.440. The summed E-state index contributed by atoms with van der Waals surface area (Å²) in [5.74, 6) is 0.657. The maximum atomic E-state index is 11.5. The number of aromatic nitrogens is 4. The highest BCUT2D eigenvalue weighted by molar-refractivity contribution is 7.19. The molecule has 0 bridgehead atoms. The van der Waals surface area contributed by atoms with E-state index in [2.05, 4.69) is 31.8 Å². The molecule has 2 fully saturated rings. The Balaban J connectivity index is 0.00000130. The number of aromatic amines is 1. The molecule has 36 heavy (non-hydrogen) atoms. The Morgan fingerprint density at radius 3 is 2.89 bits per heavy atom. The van der Waals surface area contributed by atoms with E-state index in [0.717, 1.165) is 71.5 Å². The van der Waals surface area contributed by atoms with Crippen LogP contribution in [0.2, 0.25) is 0 Å². The molecular formula is C25H31N7O3S. The minimum atomic E-state index is -0.695. The maximum absolute atomic E-state index is 11.5. The third kappa shape index (κ3) is 4.92. The molecule has 0 unspecified atom stereocenters. The van der Waals surface area contributed by atoms with E-state index >= 15 is 0 Å². The number of hydrogen-bond donors (Lipinski definition) is 3. The Hall–Kier alpha value is -3.12. The number of rotatable bonds is 5. The van der Waals surface area contributed by atoms with Crippen LogP contribution in [-0.4, -0.2) is 82.6 Å². The number of aliphatic carboxylic acids is 1. The number of benzene rings is 1. The molecule has 2 saturated heterocycles. The number of carboxylic acid groups (broad SMARTS) is 1. The molecule has 10 nitrogen and oxygen atoms in total. The normalized spacial score (nSPS) is 18.8. The number of nitrogens with two attached hydrogens (primary N) is 1. The lowest BCUT2D eigenvalue weighted by Gasteiger charge is -2.30. The van der Waals surface area contributed by atoms with Gasteiger partial charge in [-0.3, -0.25) is 14.8 Å². The van der Waals surface area contributed by atoms with Gasteiger partial charge in [0.05, 0.1) is 41.1 Å². The molecule has 0 aliphatic carbocycles. The maximum Gasteiger partial charge on any atom is 0.307 e. The second-order valence-corrected chi connectivity index (χ2v) is 10.1. The Bertz CT molecular complexity index is 1350. The lowest BCUT2D eigenvalue weighted by molar-refractivity contribution is -0.143. The van der Waals surface area contributed by atoms with E-state index in [9.17, 15) is 9.90 Å². The van der Waals surface area contributed by atoms with Gasteiger partial charge in [-0.25, -0.2) is 9.97 Å². The topological polar surface area (TPSA) is 133 Å². The molecule has 0 amide bonds. The molecule has 190 valence electrons. The van der Waals surface area contributed by atoms with Crippen LogP contribution >= 0.6 is 11.3 Å². The second kappa shape index (κ2) is 10.9. The largest absolute Gasteiger partial charge is 0.481 e. The summed E-state index contributed by atoms with van der Waals surface area (Å²) in [4.78, 5) is 27.2. The van der Waals surface area contributed by atoms with E-state index in [1.54, 1.807) is 11.3 Å². The number of thiophene rings is 1. The van der Waals surface area contributed by atoms with Crippen LogP contribution in [0.3, 0.4) is 0 Å². The Morgan fingerprint density at radius 2 is 2.08 bits per heavy atom. The van der Waals surface area contributed by atoms with E-state index in [4.69, 9.17) is 14.7 Å². The van der Waals surface area contributed by atoms with Crippen molar-refractivity contribution in [1.29, 1.82) is 0 Å². The van der Waals surface area contributed by atoms with Crippen molar-refractivity contribution in [3.8, 4) is 11.4 Å². The van der Waals surface area contributed by atoms with Crippen molar-refractivity contribution in [1.82, 2.24) is 25.1 Å². The number of likely N-dealkylation sites (tertiary alicyclic amines) is 1. The van der Waals surface area contributed by atoms with Gasteiger partial charge in [-0.2, -0.15) is 5.10 Å². The predicted molar refractivity (Wildman–Crippen MR) is 141 cm³/mol. The van der Waals surface area contributed by atoms with Gasteiger partial charge < -0.3 is 20.5 Å². The molecule has 0 spiro atoms. The van der Waals surface area contributed by atoms with Gasteiger partial charge in [-0.05, 0) is 38.6 Å². The van der Waals surface area contributed by atoms with Gasteiger partial charge >= 0.3 is 5.97 Å². The number of ether oxygens (including phenoxy) is 1. The number of nitrogens with zero attached hydrogens (tertiary/aromatic N) is 5. The number of anilines is 1. The Kier molecular flexibility index (Phi) is 7.42. The van der Waals surface area contributed by atoms with E-state index in [0.29, 0.717) is 25.6 Å². The number of H-pyrrole nitrogens is 1. The van der Waals surface area contributed by atoms with Gasteiger partial charge in [0.1, 0.15) is 0 Å². The van der Waals surface area contributed by atoms with Crippen LogP contribution in [-0.2, 0) is 16.1 Å². The van der Waals surface area contributed by atoms with E-state index in [1.165, 1.54) is 11.9 Å². The first kappa shape index (κ1) is 24.6. The summed E-state index contributed by atoms with van der Waals surface area (Å²) in [5.41, 5.74) is 7.34. The molecule has 0 radical (unpaired) electrons. The van der Waals surface area contributed by atoms with Crippen molar-refractivity contribution >= 4 is 44.2 Å². The second-order valence-electron chi connectivity index (χ2n) is 8.95. The molecule has 2 aliphatic heterocycles. The average Bonchev–Trinajstić information content (AvgIpc) is 3.56. The molecule has 3 aromatic heterocycles. The SMILES string of the molecule is CN.O=C(O)[C@@H]1CCCN(Cc2cc3nc(-c4cccc5[nH]ncc45)nc(N4CCOCC4)c3s2)C1. The summed E-state index contributed by atoms with van der Waals surface area (Å²) < 4.78 is 6.66. The van der Waals surface area contributed by atoms with Gasteiger partial charge in [0, 0.05) is 42.0 Å². The fourth-order valence-corrected chi connectivity index (χ4v) is 6.09. The predicted octanol–water partition coefficient (Wildman–Crippen LogP) is 2.94. The summed E-state index contributed by atoms with van der Waals surface area (Å²) in [7, 11) is 1.50. The third-order valence-electron chi connectivity index (χ3n) is 6.68. The first-order valence-corrected chi connectivity index (χ1v) is 13.1. The van der Waals surface area contributed by atoms with Crippen LogP contribution in [0, 0.1) is 5.92 Å². The zero-order chi connectivity index (χ0) is 25.1. The number of nitrogens with one attached hydrogen (secondary N) is 1. The van der Waals surface area contributed by atoms with Crippen molar-refractivity contribution in [3.63, 3.8) is 0 Å². The van der Waals surface area contributed by atoms with Crippen LogP contribution in [0.4, 0.5) is 5.82 Å². The molecule has 4 aromatic rings. The number of carboxylic acids is 1. The van der Waals surface area contributed by atoms with Crippen LogP contribution in [0.25, 0.3) is 32.5 Å². The van der Waals surface area contributed by atoms with Crippen molar-refractivity contribution < 1.29 is 14.6 Å². The number of fused-ring (bicyclic) bond motifs is 2. The number of carbonyl (C=O) groups is 1. The average molecular weight is 510 g/mol. The highest BCUT2D eigenvalue weighted by Crippen LogP contribution is 2.36. The zero-order valence-electron chi connectivity index (χ0n) is 20.3. The van der Waals surface area contributed by atoms with Gasteiger partial charge in [-0.15, -0.1) is 11.3 Å². The van der Waals surface area contributed by atoms with Crippen LogP contribution < -0.4 is 10.6 Å². The van der Waals surface area contributed by atoms with Gasteiger partial charge in [0.25, 0.3) is 0 Å². The van der Waals surface area contributed by atoms with E-state index in [1.807, 2.05) is 24.4 Å². The highest BCUT2D eigenvalue weighted by atomic mass is 32.1. The molecule has 11 heteroatoms. The smallest absolute Gasteiger partial charge is 0.307 e. The van der Waals surface area contributed by atoms with Crippen molar-refractivity contribution in [2.75, 3.05) is 51.3 Å². The lowest BCUT2D eigenvalue weighted by atomic mass is 9.98. The number of morpholine rings is 1. The third-order valence-corrected chi connectivity index (χ3v) is 7.78. The molecule has 6 rings (SSSR count). The van der Waals surface area contributed by atoms with Crippen molar-refractivity contribution in [3.05, 3.63) is 35.3 Å². The summed E-state index contributed by atoms with van der Waals surface area (Å²) in [6.07, 6.45) is 3.49. The fourth-order valence-electron chi connectivity index (χ4n) is 4.94. The summed E-state index contributed by atoms with van der Waals surface area (Å²) >= 11 is 1.71. The van der Waals surface area contributed by atoms with E-state index in [-0.39, 0.29) is 5.92 Å². The first-order chi connectivity index (χ1) is 17.7. The lowest BCUT2D eigenvalue weighted by Crippen LogP contribution is -2.37. The quantitative estimate of drug-likeness (QED) is 0.371. The molecule has 4 N–H and O–H groups in total. The zero-order valence-corrected chi connectivity index (χ0v) is 21.1. The molecular weight excluding hydrogens is 478 g/mol. The van der Waals surface area contributed by atoms with Crippen LogP contribution in [0.5, 0.6) is 0 Å². The van der Waals surface area contributed by atoms with Crippen LogP contribution in [0.15, 0.2) is 30.5 Å². The first-order valence-electron chi connectivity index (χ1n) is 12.2. The molecule has 1 aromatic carbocycles. The monoisotopic (exact) mass is 509 g/mol. The Morgan fingerprint density at radius 1 is 1.25 bits per heavy atom. The Labute approximate surface area is 213 Å². The summed E-state index contributed by atoms with van der Waals surface area (Å²) in [6, 6.07) is 8.18. The van der Waals surface area contributed by atoms with Crippen molar-refractivity contribution in [2.24, 2.45) is 11.7 Å². The standard InChI is InChI=1S/C24H26N6O3S.CH5N/c31-24(32)15-3-2-6-29(13-15)14-16-11-20-21(34-16)23(30-7-9-33-10-8-30)27-22(26-20)17-4-1-5-19-18(17)12-25-28-19;1-2/h1,4-5,11-12,15H,2-3,6-10,13-14H2,(H,25,28)(H,31,32);2H2,1H3/t15-;/m1./s1. The summed E-state index contributed by atoms with van der Waals surface area (Å²) in [5, 5.41) is 17.7. The van der Waals surface area contributed by atoms with Gasteiger partial charge in [-0.1, -0.05) is 12.1 Å². The van der Waals surface area contributed by atoms with Crippen LogP contribution in [0.1, 0.15) is 17.7 Å². The minimum Gasteiger partial charge on any atom is -0.481 e. The van der Waals surface area contributed by atoms with Crippen molar-refractivity contribution in [2.45, 2.75) is 19.4 Å². The van der Waals surface area contributed by atoms with E-state index < -0.39 is 5.97 Å². The number of hydrogen-bond acceptors (Lipinski definition) is 9. The molecule has 2 aliphatic rings.